The summed E-state index contributed by atoms with van der Waals surface area (Å²) in [5.41, 5.74) is 3.97. The van der Waals surface area contributed by atoms with Gasteiger partial charge in [-0.15, -0.1) is 0 Å². The standard InChI is InChI=1S/C16H14N4O.3ClH.Cr/c1-2-6-12-11(5-1)17-15(18-12)9-21-10-16-19-13-7-3-4-8-14(13)20-16;;;;/h1-8H,9-10H2,(H,17,18)(H,19,20);3*1H;/q;;;;+3/p-3. The number of para-hydroxylation sites is 4. The Morgan fingerprint density at radius 3 is 1.48 bits per heavy atom. The zero-order valence-electron chi connectivity index (χ0n) is 12.9. The van der Waals surface area contributed by atoms with Crippen LogP contribution in [0.15, 0.2) is 48.5 Å². The molecule has 2 aromatic heterocycles. The first-order valence-corrected chi connectivity index (χ1v) is 6.83. The molecule has 0 fully saturated rings. The zero-order chi connectivity index (χ0) is 14.1. The molecule has 0 amide bonds. The number of imidazole rings is 2. The van der Waals surface area contributed by atoms with Gasteiger partial charge in [-0.2, -0.15) is 0 Å². The molecule has 4 aromatic rings. The number of benzene rings is 2. The second-order valence-corrected chi connectivity index (χ2v) is 4.89. The molecule has 2 heterocycles. The van der Waals surface area contributed by atoms with Crippen LogP contribution in [0.1, 0.15) is 11.6 Å². The number of aromatic nitrogens is 4. The number of H-pyrrole nitrogens is 2. The quantitative estimate of drug-likeness (QED) is 0.335. The van der Waals surface area contributed by atoms with Crippen molar-refractivity contribution in [3.8, 4) is 0 Å². The molecule has 2 aromatic carbocycles. The van der Waals surface area contributed by atoms with Crippen LogP contribution in [-0.2, 0) is 35.3 Å². The van der Waals surface area contributed by atoms with Crippen LogP contribution in [0.5, 0.6) is 0 Å². The minimum Gasteiger partial charge on any atom is -1.00 e. The van der Waals surface area contributed by atoms with Crippen molar-refractivity contribution >= 4 is 22.1 Å². The number of hydrogen-bond donors (Lipinski definition) is 2. The molecule has 0 aliphatic rings. The monoisotopic (exact) mass is 435 g/mol. The van der Waals surface area contributed by atoms with Crippen LogP contribution < -0.4 is 37.2 Å². The predicted octanol–water partition coefficient (Wildman–Crippen LogP) is -5.83. The molecule has 0 bridgehead atoms. The van der Waals surface area contributed by atoms with E-state index >= 15 is 0 Å². The first-order valence-electron chi connectivity index (χ1n) is 6.83. The summed E-state index contributed by atoms with van der Waals surface area (Å²) in [5.74, 6) is 1.65. The van der Waals surface area contributed by atoms with Crippen LogP contribution >= 0.6 is 0 Å². The van der Waals surface area contributed by atoms with Gasteiger partial charge >= 0.3 is 17.4 Å². The summed E-state index contributed by atoms with van der Waals surface area (Å²) in [6.07, 6.45) is 0. The molecule has 0 spiro atoms. The number of halogens is 3. The molecule has 25 heavy (non-hydrogen) atoms. The SMILES string of the molecule is [Cl-].[Cl-].[Cl-].[Cr+3].c1ccc2[nH]c(COCc3nc4ccccc4[nH]3)nc2c1. The summed E-state index contributed by atoms with van der Waals surface area (Å²) in [6.45, 7) is 0.872. The van der Waals surface area contributed by atoms with E-state index in [0.29, 0.717) is 13.2 Å². The number of nitrogens with zero attached hydrogens (tertiary/aromatic N) is 2. The second-order valence-electron chi connectivity index (χ2n) is 4.89. The molecule has 0 unspecified atom stereocenters. The molecule has 4 rings (SSSR count). The molecular formula is C16H14Cl3CrN4O. The number of fused-ring (bicyclic) bond motifs is 2. The summed E-state index contributed by atoms with van der Waals surface area (Å²) in [6, 6.07) is 15.9. The normalized spacial score (nSPS) is 9.60. The van der Waals surface area contributed by atoms with Gasteiger partial charge in [-0.1, -0.05) is 24.3 Å². The Balaban J connectivity index is 0.00000144. The molecule has 0 aliphatic carbocycles. The molecule has 9 heteroatoms. The van der Waals surface area contributed by atoms with E-state index in [1.165, 1.54) is 0 Å². The maximum Gasteiger partial charge on any atom is 3.00 e. The molecule has 1 radical (unpaired) electrons. The molecular weight excluding hydrogens is 423 g/mol. The van der Waals surface area contributed by atoms with Crippen LogP contribution in [0.25, 0.3) is 22.1 Å². The molecule has 0 aliphatic heterocycles. The third-order valence-corrected chi connectivity index (χ3v) is 3.35. The number of nitrogens with one attached hydrogen (secondary N) is 2. The van der Waals surface area contributed by atoms with E-state index in [-0.39, 0.29) is 54.6 Å². The van der Waals surface area contributed by atoms with Gasteiger partial charge < -0.3 is 51.9 Å². The summed E-state index contributed by atoms with van der Waals surface area (Å²) in [4.78, 5) is 15.4. The van der Waals surface area contributed by atoms with Crippen LogP contribution in [0.4, 0.5) is 0 Å². The molecule has 0 atom stereocenters. The Kier molecular flexibility index (Phi) is 10.1. The fourth-order valence-electron chi connectivity index (χ4n) is 2.39. The van der Waals surface area contributed by atoms with Gasteiger partial charge in [-0.3, -0.25) is 0 Å². The van der Waals surface area contributed by atoms with Crippen molar-refractivity contribution in [1.29, 1.82) is 0 Å². The Morgan fingerprint density at radius 1 is 0.680 bits per heavy atom. The molecule has 0 saturated heterocycles. The topological polar surface area (TPSA) is 66.6 Å². The van der Waals surface area contributed by atoms with Gasteiger partial charge in [0.05, 0.1) is 22.1 Å². The number of rotatable bonds is 4. The van der Waals surface area contributed by atoms with E-state index in [4.69, 9.17) is 4.74 Å². The van der Waals surface area contributed by atoms with Crippen molar-refractivity contribution < 1.29 is 59.3 Å². The minimum atomic E-state index is 0. The number of aromatic amines is 2. The molecule has 131 valence electrons. The van der Waals surface area contributed by atoms with Gasteiger partial charge in [-0.25, -0.2) is 9.97 Å². The van der Waals surface area contributed by atoms with E-state index < -0.39 is 0 Å². The van der Waals surface area contributed by atoms with Gasteiger partial charge in [0.1, 0.15) is 24.9 Å². The average molecular weight is 437 g/mol. The van der Waals surface area contributed by atoms with E-state index in [9.17, 15) is 0 Å². The summed E-state index contributed by atoms with van der Waals surface area (Å²) >= 11 is 0. The van der Waals surface area contributed by atoms with Gasteiger partial charge in [-0.05, 0) is 24.3 Å². The first kappa shape index (κ1) is 23.7. The van der Waals surface area contributed by atoms with Gasteiger partial charge in [0, 0.05) is 0 Å². The van der Waals surface area contributed by atoms with Crippen molar-refractivity contribution in [3.05, 3.63) is 60.2 Å². The zero-order valence-corrected chi connectivity index (χ0v) is 16.4. The average Bonchev–Trinajstić information content (AvgIpc) is 3.09. The smallest absolute Gasteiger partial charge is 1.00 e. The fourth-order valence-corrected chi connectivity index (χ4v) is 2.39. The maximum atomic E-state index is 5.68. The van der Waals surface area contributed by atoms with Crippen molar-refractivity contribution in [1.82, 2.24) is 19.9 Å². The largest absolute Gasteiger partial charge is 3.00 e. The molecule has 0 saturated carbocycles. The number of hydrogen-bond acceptors (Lipinski definition) is 3. The van der Waals surface area contributed by atoms with Gasteiger partial charge in [0.2, 0.25) is 0 Å². The Morgan fingerprint density at radius 2 is 1.08 bits per heavy atom. The first-order chi connectivity index (χ1) is 10.4. The third kappa shape index (κ3) is 5.36. The van der Waals surface area contributed by atoms with Gasteiger partial charge in [0.15, 0.2) is 0 Å². The van der Waals surface area contributed by atoms with Crippen LogP contribution in [0, 0.1) is 0 Å². The van der Waals surface area contributed by atoms with Crippen LogP contribution in [0.3, 0.4) is 0 Å². The summed E-state index contributed by atoms with van der Waals surface area (Å²) in [5, 5.41) is 0. The Labute approximate surface area is 174 Å². The van der Waals surface area contributed by atoms with Crippen molar-refractivity contribution in [3.63, 3.8) is 0 Å². The van der Waals surface area contributed by atoms with Crippen molar-refractivity contribution in [2.45, 2.75) is 13.2 Å². The minimum absolute atomic E-state index is 0. The second kappa shape index (κ2) is 10.7. The van der Waals surface area contributed by atoms with Gasteiger partial charge in [0.25, 0.3) is 0 Å². The third-order valence-electron chi connectivity index (χ3n) is 3.35. The van der Waals surface area contributed by atoms with E-state index in [2.05, 4.69) is 19.9 Å². The van der Waals surface area contributed by atoms with E-state index in [1.807, 2.05) is 48.5 Å². The van der Waals surface area contributed by atoms with Crippen molar-refractivity contribution in [2.24, 2.45) is 0 Å². The predicted molar refractivity (Wildman–Crippen MR) is 80.7 cm³/mol. The van der Waals surface area contributed by atoms with E-state index in [0.717, 1.165) is 33.7 Å². The summed E-state index contributed by atoms with van der Waals surface area (Å²) < 4.78 is 5.68. The molecule has 5 nitrogen and oxygen atoms in total. The van der Waals surface area contributed by atoms with Crippen LogP contribution in [0.2, 0.25) is 0 Å². The van der Waals surface area contributed by atoms with Crippen molar-refractivity contribution in [2.75, 3.05) is 0 Å². The maximum absolute atomic E-state index is 5.68. The van der Waals surface area contributed by atoms with Crippen LogP contribution in [-0.4, -0.2) is 19.9 Å². The Bertz CT molecular complexity index is 772. The summed E-state index contributed by atoms with van der Waals surface area (Å²) in [7, 11) is 0. The Hall–Kier alpha value is -1.26. The van der Waals surface area contributed by atoms with E-state index in [1.54, 1.807) is 0 Å². The fraction of sp³-hybridized carbons (Fsp3) is 0.125. The number of ether oxygens (including phenoxy) is 1. The molecule has 2 N–H and O–H groups in total.